The van der Waals surface area contributed by atoms with E-state index in [0.29, 0.717) is 6.10 Å². The largest absolute Gasteiger partial charge is 0.394 e. The monoisotopic (exact) mass is 330 g/mol. The molecule has 0 saturated carbocycles. The molecule has 1 atom stereocenters. The van der Waals surface area contributed by atoms with Crippen LogP contribution in [0.5, 0.6) is 0 Å². The van der Waals surface area contributed by atoms with Crippen molar-refractivity contribution in [3.8, 4) is 0 Å². The van der Waals surface area contributed by atoms with Crippen molar-refractivity contribution in [3.63, 3.8) is 0 Å². The Hall–Kier alpha value is 0.137. The molecule has 0 radical (unpaired) electrons. The Balaban J connectivity index is 4.31. The van der Waals surface area contributed by atoms with Gasteiger partial charge in [-0.25, -0.2) is 0 Å². The molecule has 3 heteroatoms. The van der Waals surface area contributed by atoms with Gasteiger partial charge in [-0.1, -0.05) is 79.6 Å². The zero-order valence-corrected chi connectivity index (χ0v) is 17.1. The Morgan fingerprint density at radius 2 is 1.32 bits per heavy atom. The van der Waals surface area contributed by atoms with Crippen LogP contribution in [0.2, 0.25) is 12.1 Å². The van der Waals surface area contributed by atoms with Gasteiger partial charge in [0, 0.05) is 12.7 Å². The van der Waals surface area contributed by atoms with Crippen molar-refractivity contribution in [1.82, 2.24) is 0 Å². The van der Waals surface area contributed by atoms with Crippen molar-refractivity contribution in [2.45, 2.75) is 117 Å². The Morgan fingerprint density at radius 3 is 1.86 bits per heavy atom. The molecule has 0 fully saturated rings. The molecule has 1 unspecified atom stereocenters. The zero-order valence-electron chi connectivity index (χ0n) is 16.1. The van der Waals surface area contributed by atoms with Crippen molar-refractivity contribution in [3.05, 3.63) is 0 Å². The van der Waals surface area contributed by atoms with Gasteiger partial charge in [0.05, 0.1) is 0 Å². The summed E-state index contributed by atoms with van der Waals surface area (Å²) in [4.78, 5) is 0. The van der Waals surface area contributed by atoms with Gasteiger partial charge in [0.25, 0.3) is 0 Å². The first kappa shape index (κ1) is 22.1. The van der Waals surface area contributed by atoms with Crippen LogP contribution in [-0.2, 0) is 8.85 Å². The first-order valence-electron chi connectivity index (χ1n) is 9.99. The Bertz CT molecular complexity index is 229. The molecule has 0 spiro atoms. The number of rotatable bonds is 16. The highest BCUT2D eigenvalue weighted by Crippen LogP contribution is 2.25. The third-order valence-electron chi connectivity index (χ3n) is 4.56. The molecular formula is C19H42O2Si. The molecule has 0 aliphatic rings. The summed E-state index contributed by atoms with van der Waals surface area (Å²) in [5.41, 5.74) is 0. The lowest BCUT2D eigenvalue weighted by atomic mass is 10.1. The second kappa shape index (κ2) is 14.7. The molecule has 0 aromatic heterocycles. The second-order valence-corrected chi connectivity index (χ2v) is 10.3. The summed E-state index contributed by atoms with van der Waals surface area (Å²) in [6.07, 6.45) is 13.1. The van der Waals surface area contributed by atoms with Crippen molar-refractivity contribution >= 4 is 8.56 Å². The van der Waals surface area contributed by atoms with E-state index in [1.165, 1.54) is 64.2 Å². The summed E-state index contributed by atoms with van der Waals surface area (Å²) in [6.45, 7) is 12.2. The SMILES string of the molecule is CCCCCCCO[Si](CC)(CC)OC(CCC)CCCC. The maximum absolute atomic E-state index is 6.62. The molecule has 0 aromatic carbocycles. The smallest absolute Gasteiger partial charge is 0.337 e. The lowest BCUT2D eigenvalue weighted by Crippen LogP contribution is -2.44. The van der Waals surface area contributed by atoms with Crippen LogP contribution in [0.1, 0.15) is 98.8 Å². The van der Waals surface area contributed by atoms with E-state index in [9.17, 15) is 0 Å². The number of hydrogen-bond donors (Lipinski definition) is 0. The topological polar surface area (TPSA) is 18.5 Å². The normalized spacial score (nSPS) is 13.5. The van der Waals surface area contributed by atoms with Crippen molar-refractivity contribution in [2.75, 3.05) is 6.61 Å². The lowest BCUT2D eigenvalue weighted by Gasteiger charge is -2.33. The summed E-state index contributed by atoms with van der Waals surface area (Å²) >= 11 is 0. The predicted molar refractivity (Wildman–Crippen MR) is 101 cm³/mol. The maximum atomic E-state index is 6.62. The van der Waals surface area contributed by atoms with E-state index in [4.69, 9.17) is 8.85 Å². The predicted octanol–water partition coefficient (Wildman–Crippen LogP) is 6.83. The minimum Gasteiger partial charge on any atom is -0.394 e. The van der Waals surface area contributed by atoms with Gasteiger partial charge in [0.1, 0.15) is 0 Å². The zero-order chi connectivity index (χ0) is 16.7. The molecule has 2 nitrogen and oxygen atoms in total. The van der Waals surface area contributed by atoms with Crippen molar-refractivity contribution in [2.24, 2.45) is 0 Å². The van der Waals surface area contributed by atoms with Crippen molar-refractivity contribution in [1.29, 1.82) is 0 Å². The lowest BCUT2D eigenvalue weighted by molar-refractivity contribution is 0.0972. The fourth-order valence-corrected chi connectivity index (χ4v) is 5.61. The Kier molecular flexibility index (Phi) is 14.8. The highest BCUT2D eigenvalue weighted by Gasteiger charge is 2.35. The van der Waals surface area contributed by atoms with Crippen LogP contribution in [0.4, 0.5) is 0 Å². The van der Waals surface area contributed by atoms with Crippen LogP contribution >= 0.6 is 0 Å². The number of hydrogen-bond acceptors (Lipinski definition) is 2. The molecular weight excluding hydrogens is 288 g/mol. The highest BCUT2D eigenvalue weighted by atomic mass is 28.4. The molecule has 22 heavy (non-hydrogen) atoms. The van der Waals surface area contributed by atoms with Gasteiger partial charge < -0.3 is 8.85 Å². The van der Waals surface area contributed by atoms with E-state index in [-0.39, 0.29) is 0 Å². The van der Waals surface area contributed by atoms with Crippen LogP contribution in [0, 0.1) is 0 Å². The van der Waals surface area contributed by atoms with Gasteiger partial charge in [0.2, 0.25) is 0 Å². The van der Waals surface area contributed by atoms with Crippen LogP contribution in [0.3, 0.4) is 0 Å². The molecule has 0 aliphatic carbocycles. The van der Waals surface area contributed by atoms with Crippen LogP contribution in [0.15, 0.2) is 0 Å². The van der Waals surface area contributed by atoms with Gasteiger partial charge in [-0.2, -0.15) is 0 Å². The Labute approximate surface area is 141 Å². The van der Waals surface area contributed by atoms with E-state index in [1.807, 2.05) is 0 Å². The average Bonchev–Trinajstić information content (AvgIpc) is 2.54. The van der Waals surface area contributed by atoms with Crippen LogP contribution in [-0.4, -0.2) is 21.3 Å². The molecule has 0 heterocycles. The molecule has 0 aromatic rings. The summed E-state index contributed by atoms with van der Waals surface area (Å²) in [5, 5.41) is 0. The molecule has 0 saturated heterocycles. The molecule has 134 valence electrons. The number of unbranched alkanes of at least 4 members (excludes halogenated alkanes) is 5. The molecule has 0 N–H and O–H groups in total. The molecule has 0 amide bonds. The van der Waals surface area contributed by atoms with E-state index < -0.39 is 8.56 Å². The fourth-order valence-electron chi connectivity index (χ4n) is 2.94. The maximum Gasteiger partial charge on any atom is 0.337 e. The highest BCUT2D eigenvalue weighted by molar-refractivity contribution is 6.67. The standard InChI is InChI=1S/C19H42O2Si/c1-6-11-13-14-15-18-20-22(9-4,10-5)21-19(16-8-3)17-12-7-2/h19H,6-18H2,1-5H3. The summed E-state index contributed by atoms with van der Waals surface area (Å²) in [7, 11) is -1.96. The van der Waals surface area contributed by atoms with Crippen LogP contribution < -0.4 is 0 Å². The fraction of sp³-hybridized carbons (Fsp3) is 1.00. The van der Waals surface area contributed by atoms with E-state index in [1.54, 1.807) is 0 Å². The van der Waals surface area contributed by atoms with E-state index >= 15 is 0 Å². The summed E-state index contributed by atoms with van der Waals surface area (Å²) in [5.74, 6) is 0. The third-order valence-corrected chi connectivity index (χ3v) is 8.21. The van der Waals surface area contributed by atoms with E-state index in [0.717, 1.165) is 18.7 Å². The molecule has 0 rings (SSSR count). The molecule has 0 aliphatic heterocycles. The first-order chi connectivity index (χ1) is 10.7. The van der Waals surface area contributed by atoms with Gasteiger partial charge in [0.15, 0.2) is 0 Å². The molecule has 0 bridgehead atoms. The van der Waals surface area contributed by atoms with Crippen LogP contribution in [0.25, 0.3) is 0 Å². The van der Waals surface area contributed by atoms with Gasteiger partial charge in [-0.05, 0) is 31.4 Å². The second-order valence-electron chi connectivity index (χ2n) is 6.55. The average molecular weight is 331 g/mol. The van der Waals surface area contributed by atoms with E-state index in [2.05, 4.69) is 34.6 Å². The van der Waals surface area contributed by atoms with Gasteiger partial charge in [-0.3, -0.25) is 0 Å². The first-order valence-corrected chi connectivity index (χ1v) is 12.2. The summed E-state index contributed by atoms with van der Waals surface area (Å²) in [6, 6.07) is 2.18. The van der Waals surface area contributed by atoms with Gasteiger partial charge in [-0.15, -0.1) is 0 Å². The van der Waals surface area contributed by atoms with Crippen molar-refractivity contribution < 1.29 is 8.85 Å². The van der Waals surface area contributed by atoms with Gasteiger partial charge >= 0.3 is 8.56 Å². The Morgan fingerprint density at radius 1 is 0.682 bits per heavy atom. The quantitative estimate of drug-likeness (QED) is 0.228. The minimum absolute atomic E-state index is 0.427. The minimum atomic E-state index is -1.96. The third kappa shape index (κ3) is 10.0. The summed E-state index contributed by atoms with van der Waals surface area (Å²) < 4.78 is 13.0.